The predicted molar refractivity (Wildman–Crippen MR) is 132 cm³/mol. The van der Waals surface area contributed by atoms with Crippen LogP contribution in [0, 0.1) is 0 Å². The first-order valence-electron chi connectivity index (χ1n) is 9.92. The van der Waals surface area contributed by atoms with E-state index in [0.717, 1.165) is 0 Å². The maximum atomic E-state index is 4.14. The van der Waals surface area contributed by atoms with E-state index in [1.807, 2.05) is 12.4 Å². The molecule has 0 N–H and O–H groups in total. The monoisotopic (exact) mass is 469 g/mol. The molecule has 1 aromatic heterocycles. The zero-order chi connectivity index (χ0) is 20.4. The summed E-state index contributed by atoms with van der Waals surface area (Å²) in [5.74, 6) is 0. The first-order valence-corrected chi connectivity index (χ1v) is 13.9. The van der Waals surface area contributed by atoms with E-state index in [1.54, 1.807) is 0 Å². The van der Waals surface area contributed by atoms with Crippen molar-refractivity contribution in [1.29, 1.82) is 0 Å². The van der Waals surface area contributed by atoms with Gasteiger partial charge in [0.25, 0.3) is 0 Å². The van der Waals surface area contributed by atoms with E-state index in [0.29, 0.717) is 0 Å². The Balaban J connectivity index is 1.73. The van der Waals surface area contributed by atoms with E-state index in [1.165, 1.54) is 37.8 Å². The second-order valence-electron chi connectivity index (χ2n) is 7.23. The molecule has 0 bridgehead atoms. The van der Waals surface area contributed by atoms with Crippen LogP contribution in [0.5, 0.6) is 0 Å². The van der Waals surface area contributed by atoms with Gasteiger partial charge in [-0.25, -0.2) is 0 Å². The van der Waals surface area contributed by atoms with Gasteiger partial charge in [0, 0.05) is 0 Å². The number of hydrogen-bond acceptors (Lipinski definition) is 1. The molecule has 0 fully saturated rings. The van der Waals surface area contributed by atoms with Crippen LogP contribution in [0.15, 0.2) is 122 Å². The average molecular weight is 468 g/mol. The molecule has 144 valence electrons. The van der Waals surface area contributed by atoms with Crippen LogP contribution in [0.1, 0.15) is 0 Å². The topological polar surface area (TPSA) is 12.9 Å². The quantitative estimate of drug-likeness (QED) is 0.258. The minimum atomic E-state index is -1.92. The molecule has 0 amide bonds. The Bertz CT molecular complexity index is 1340. The molecule has 1 atom stereocenters. The van der Waals surface area contributed by atoms with Crippen LogP contribution >= 0.6 is 5.51 Å². The van der Waals surface area contributed by atoms with Gasteiger partial charge in [-0.15, -0.1) is 0 Å². The van der Waals surface area contributed by atoms with Crippen LogP contribution in [0.4, 0.5) is 0 Å². The van der Waals surface area contributed by atoms with Crippen molar-refractivity contribution in [3.8, 4) is 11.1 Å². The van der Waals surface area contributed by atoms with Gasteiger partial charge in [-0.3, -0.25) is 0 Å². The van der Waals surface area contributed by atoms with Gasteiger partial charge in [0.15, 0.2) is 0 Å². The molecule has 1 unspecified atom stereocenters. The number of pyridine rings is 1. The molecule has 1 heterocycles. The number of nitrogens with zero attached hydrogens (tertiary/aromatic N) is 1. The van der Waals surface area contributed by atoms with Gasteiger partial charge in [0.1, 0.15) is 0 Å². The standard InChI is InChI=1S/C27H20NPSe/c30-29(24-9-2-1-3-10-24,27-12-6-8-23-7-4-5-11-26(23)27)25-15-13-21(14-16-25)22-17-19-28-20-18-22/h1-20H. The second kappa shape index (κ2) is 8.17. The summed E-state index contributed by atoms with van der Waals surface area (Å²) < 4.78 is 0. The molecule has 5 rings (SSSR count). The summed E-state index contributed by atoms with van der Waals surface area (Å²) in [6.45, 7) is 0. The third-order valence-corrected chi connectivity index (χ3v) is 12.5. The minimum absolute atomic E-state index is 1.19. The summed E-state index contributed by atoms with van der Waals surface area (Å²) >= 11 is 3.69. The first kappa shape index (κ1) is 19.2. The molecule has 0 spiro atoms. The van der Waals surface area contributed by atoms with Crippen molar-refractivity contribution >= 4 is 47.3 Å². The summed E-state index contributed by atoms with van der Waals surface area (Å²) in [4.78, 5) is 4.14. The number of hydrogen-bond donors (Lipinski definition) is 0. The SMILES string of the molecule is [Se]=P(c1ccccc1)(c1ccc(-c2ccncc2)cc1)c1cccc2ccccc12. The Kier molecular flexibility index (Phi) is 5.23. The van der Waals surface area contributed by atoms with Crippen molar-refractivity contribution in [2.75, 3.05) is 0 Å². The van der Waals surface area contributed by atoms with Crippen molar-refractivity contribution in [3.63, 3.8) is 0 Å². The fraction of sp³-hybridized carbons (Fsp3) is 0. The van der Waals surface area contributed by atoms with Crippen molar-refractivity contribution in [2.24, 2.45) is 0 Å². The average Bonchev–Trinajstić information content (AvgIpc) is 2.84. The molecule has 0 saturated carbocycles. The molecule has 5 aromatic rings. The van der Waals surface area contributed by atoms with Gasteiger partial charge in [-0.1, -0.05) is 0 Å². The number of rotatable bonds is 4. The second-order valence-corrected chi connectivity index (χ2v) is 13.4. The summed E-state index contributed by atoms with van der Waals surface area (Å²) in [5, 5.41) is 6.65. The molecule has 3 heteroatoms. The fourth-order valence-electron chi connectivity index (χ4n) is 3.96. The predicted octanol–water partition coefficient (Wildman–Crippen LogP) is 5.28. The molecule has 0 saturated heterocycles. The van der Waals surface area contributed by atoms with Gasteiger partial charge < -0.3 is 0 Å². The van der Waals surface area contributed by atoms with Crippen LogP contribution in [-0.4, -0.2) is 20.1 Å². The van der Waals surface area contributed by atoms with Crippen LogP contribution in [-0.2, 0) is 0 Å². The van der Waals surface area contributed by atoms with Gasteiger partial charge in [-0.05, 0) is 0 Å². The van der Waals surface area contributed by atoms with Gasteiger partial charge >= 0.3 is 185 Å². The zero-order valence-electron chi connectivity index (χ0n) is 16.3. The van der Waals surface area contributed by atoms with Crippen LogP contribution in [0.3, 0.4) is 0 Å². The first-order chi connectivity index (χ1) is 14.8. The van der Waals surface area contributed by atoms with Crippen LogP contribution in [0.2, 0.25) is 0 Å². The Labute approximate surface area is 184 Å². The van der Waals surface area contributed by atoms with E-state index in [4.69, 9.17) is 0 Å². The van der Waals surface area contributed by atoms with Crippen molar-refractivity contribution in [3.05, 3.63) is 122 Å². The van der Waals surface area contributed by atoms with Gasteiger partial charge in [-0.2, -0.15) is 0 Å². The van der Waals surface area contributed by atoms with Crippen molar-refractivity contribution in [2.45, 2.75) is 0 Å². The Morgan fingerprint density at radius 1 is 0.533 bits per heavy atom. The number of aromatic nitrogens is 1. The number of fused-ring (bicyclic) bond motifs is 1. The molecule has 0 aliphatic rings. The third kappa shape index (κ3) is 3.38. The molecule has 1 nitrogen and oxygen atoms in total. The summed E-state index contributed by atoms with van der Waals surface area (Å²) in [6, 6.07) is 39.3. The molecule has 4 aromatic carbocycles. The summed E-state index contributed by atoms with van der Waals surface area (Å²) in [6.07, 6.45) is 3.68. The van der Waals surface area contributed by atoms with E-state index in [9.17, 15) is 0 Å². The van der Waals surface area contributed by atoms with Crippen molar-refractivity contribution in [1.82, 2.24) is 4.98 Å². The van der Waals surface area contributed by atoms with E-state index < -0.39 is 5.51 Å². The van der Waals surface area contributed by atoms with Crippen molar-refractivity contribution < 1.29 is 0 Å². The van der Waals surface area contributed by atoms with E-state index in [2.05, 4.69) is 129 Å². The fourth-order valence-corrected chi connectivity index (χ4v) is 9.34. The maximum absolute atomic E-state index is 4.14. The molecule has 30 heavy (non-hydrogen) atoms. The third-order valence-electron chi connectivity index (χ3n) is 5.47. The molecule has 0 radical (unpaired) electrons. The molecule has 0 aliphatic carbocycles. The van der Waals surface area contributed by atoms with E-state index >= 15 is 0 Å². The van der Waals surface area contributed by atoms with Gasteiger partial charge in [0.05, 0.1) is 0 Å². The Morgan fingerprint density at radius 3 is 1.90 bits per heavy atom. The van der Waals surface area contributed by atoms with Gasteiger partial charge in [0.2, 0.25) is 0 Å². The van der Waals surface area contributed by atoms with Crippen LogP contribution < -0.4 is 15.9 Å². The molecular weight excluding hydrogens is 448 g/mol. The summed E-state index contributed by atoms with van der Waals surface area (Å²) in [7, 11) is 0. The summed E-state index contributed by atoms with van der Waals surface area (Å²) in [5.41, 5.74) is 0.472. The Hall–Kier alpha value is -2.76. The van der Waals surface area contributed by atoms with E-state index in [-0.39, 0.29) is 0 Å². The normalized spacial score (nSPS) is 13.1. The zero-order valence-corrected chi connectivity index (χ0v) is 19.0. The van der Waals surface area contributed by atoms with Crippen LogP contribution in [0.25, 0.3) is 21.9 Å². The molecule has 0 aliphatic heterocycles. The number of benzene rings is 4. The Morgan fingerprint density at radius 2 is 1.13 bits per heavy atom. The molecular formula is C27H20NPSe.